The molecule has 6 aliphatic heterocycles. The van der Waals surface area contributed by atoms with Gasteiger partial charge in [0.15, 0.2) is 5.65 Å². The molecule has 70 heavy (non-hydrogen) atoms. The number of piperazine rings is 1. The highest BCUT2D eigenvalue weighted by Crippen LogP contribution is 2.37. The third kappa shape index (κ3) is 9.67. The molecule has 0 spiro atoms. The van der Waals surface area contributed by atoms with Gasteiger partial charge in [0.2, 0.25) is 5.91 Å². The van der Waals surface area contributed by atoms with E-state index >= 15 is 0 Å². The zero-order chi connectivity index (χ0) is 47.7. The molecule has 5 aromatic rings. The van der Waals surface area contributed by atoms with Crippen molar-refractivity contribution in [2.24, 2.45) is 11.8 Å². The van der Waals surface area contributed by atoms with E-state index in [0.29, 0.717) is 42.6 Å². The van der Waals surface area contributed by atoms with Crippen molar-refractivity contribution in [1.82, 2.24) is 49.6 Å². The van der Waals surface area contributed by atoms with Crippen LogP contribution >= 0.6 is 0 Å². The molecule has 16 heteroatoms. The number of carbonyl (C=O) groups excluding carboxylic acids is 3. The van der Waals surface area contributed by atoms with E-state index in [4.69, 9.17) is 15.6 Å². The number of piperidine rings is 4. The van der Waals surface area contributed by atoms with Crippen molar-refractivity contribution >= 4 is 40.4 Å². The Balaban J connectivity index is 0.590. The molecule has 2 aromatic heterocycles. The first kappa shape index (κ1) is 45.9. The number of nitrogen functional groups attached to an aromatic ring is 1. The first-order valence-corrected chi connectivity index (χ1v) is 25.7. The lowest BCUT2D eigenvalue weighted by molar-refractivity contribution is -0.126. The van der Waals surface area contributed by atoms with Crippen LogP contribution in [0.3, 0.4) is 0 Å². The normalized spacial score (nSPS) is 21.4. The Bertz CT molecular complexity index is 2700. The van der Waals surface area contributed by atoms with E-state index in [1.807, 2.05) is 60.7 Å². The number of anilines is 2. The fraction of sp³-hybridized carbons (Fsp3) is 0.481. The number of urea groups is 1. The number of nitrogens with zero attached hydrogens (tertiary/aromatic N) is 10. The number of nitrogens with one attached hydrogen (secondary N) is 1. The predicted molar refractivity (Wildman–Crippen MR) is 270 cm³/mol. The largest absolute Gasteiger partial charge is 0.457 e. The van der Waals surface area contributed by atoms with Crippen LogP contribution in [0, 0.1) is 11.8 Å². The fourth-order valence-corrected chi connectivity index (χ4v) is 11.8. The minimum atomic E-state index is -0.439. The molecule has 1 atom stereocenters. The first-order valence-electron chi connectivity index (χ1n) is 25.7. The minimum Gasteiger partial charge on any atom is -0.457 e. The van der Waals surface area contributed by atoms with Crippen molar-refractivity contribution in [3.63, 3.8) is 0 Å². The van der Waals surface area contributed by atoms with Gasteiger partial charge in [0.1, 0.15) is 35.4 Å². The maximum Gasteiger partial charge on any atom is 0.319 e. The predicted octanol–water partition coefficient (Wildman–Crippen LogP) is 7.01. The van der Waals surface area contributed by atoms with Crippen LogP contribution < -0.4 is 20.7 Å². The SMILES string of the molecule is C=C1CCC(N2Cc3cc(N4CCN(CCC5CCN(C(=O)N6CCC(CN7CCC(n8nc(-c9ccc(Oc%10ccccc%10)cc9)c9c(N)ncnc98)CC7)CC6)CC5)CC4)ccc3C2=O)C(=O)N1. The maximum atomic E-state index is 13.7. The first-order chi connectivity index (χ1) is 34.2. The molecule has 4 amide bonds. The third-order valence-corrected chi connectivity index (χ3v) is 16.0. The van der Waals surface area contributed by atoms with Gasteiger partial charge in [0, 0.05) is 101 Å². The number of hydrogen-bond donors (Lipinski definition) is 2. The monoisotopic (exact) mass is 947 g/mol. The summed E-state index contributed by atoms with van der Waals surface area (Å²) in [5.74, 6) is 3.04. The van der Waals surface area contributed by atoms with Crippen molar-refractivity contribution in [3.8, 4) is 22.8 Å². The standard InChI is InChI=1S/C54H66N12O4/c1-37-7-14-47(52(67)58-37)65-35-41-33-43(10-13-46(41)53(65)68)62-31-29-60(30-32-62)22-15-38-16-25-63(26-17-38)54(69)64-27-18-39(19-28-64)34-61-23-20-42(21-24-61)66-51-48(50(55)56-36-57-51)49(59-66)40-8-11-45(12-9-40)70-44-5-3-2-4-6-44/h2-6,8-13,33,36,38-39,42,47H,1,7,14-32,34-35H2,(H,58,67)(H2,55,56,57). The van der Waals surface area contributed by atoms with Crippen LogP contribution in [0.5, 0.6) is 11.5 Å². The molecule has 6 aliphatic rings. The smallest absolute Gasteiger partial charge is 0.319 e. The molecule has 5 saturated heterocycles. The number of benzene rings is 3. The number of carbonyl (C=O) groups is 3. The van der Waals surface area contributed by atoms with E-state index in [1.54, 1.807) is 4.90 Å². The Morgan fingerprint density at radius 3 is 2.17 bits per heavy atom. The number of amides is 4. The summed E-state index contributed by atoms with van der Waals surface area (Å²) in [6.07, 6.45) is 10.2. The van der Waals surface area contributed by atoms with Gasteiger partial charge >= 0.3 is 6.03 Å². The van der Waals surface area contributed by atoms with Gasteiger partial charge in [-0.15, -0.1) is 0 Å². The topological polar surface area (TPSA) is 162 Å². The quantitative estimate of drug-likeness (QED) is 0.140. The van der Waals surface area contributed by atoms with Crippen molar-refractivity contribution < 1.29 is 19.1 Å². The van der Waals surface area contributed by atoms with Crippen LogP contribution in [-0.2, 0) is 11.3 Å². The Labute approximate surface area is 410 Å². The van der Waals surface area contributed by atoms with E-state index in [1.165, 1.54) is 12.7 Å². The minimum absolute atomic E-state index is 0.0521. The highest BCUT2D eigenvalue weighted by molar-refractivity contribution is 6.02. The van der Waals surface area contributed by atoms with Crippen LogP contribution in [0.15, 0.2) is 91.4 Å². The van der Waals surface area contributed by atoms with Crippen LogP contribution in [0.2, 0.25) is 0 Å². The van der Waals surface area contributed by atoms with E-state index in [-0.39, 0.29) is 23.9 Å². The lowest BCUT2D eigenvalue weighted by atomic mass is 9.93. The molecule has 0 aliphatic carbocycles. The fourth-order valence-electron chi connectivity index (χ4n) is 11.8. The van der Waals surface area contributed by atoms with Crippen LogP contribution in [0.4, 0.5) is 16.3 Å². The van der Waals surface area contributed by atoms with E-state index < -0.39 is 6.04 Å². The summed E-state index contributed by atoms with van der Waals surface area (Å²) in [6, 6.07) is 23.9. The van der Waals surface area contributed by atoms with E-state index in [0.717, 1.165) is 168 Å². The second kappa shape index (κ2) is 20.1. The van der Waals surface area contributed by atoms with Crippen LogP contribution in [-0.4, -0.2) is 147 Å². The zero-order valence-corrected chi connectivity index (χ0v) is 40.3. The highest BCUT2D eigenvalue weighted by Gasteiger charge is 2.39. The number of aromatic nitrogens is 4. The molecule has 8 heterocycles. The number of hydrogen-bond acceptors (Lipinski definition) is 11. The molecule has 366 valence electrons. The number of rotatable bonds is 11. The van der Waals surface area contributed by atoms with E-state index in [9.17, 15) is 14.4 Å². The van der Waals surface area contributed by atoms with Crippen molar-refractivity contribution in [3.05, 3.63) is 103 Å². The maximum absolute atomic E-state index is 13.7. The Morgan fingerprint density at radius 1 is 0.757 bits per heavy atom. The van der Waals surface area contributed by atoms with Gasteiger partial charge in [-0.05, 0) is 136 Å². The van der Waals surface area contributed by atoms with Gasteiger partial charge < -0.3 is 40.3 Å². The van der Waals surface area contributed by atoms with Gasteiger partial charge in [0.05, 0.1) is 11.4 Å². The average Bonchev–Trinajstić information content (AvgIpc) is 3.95. The zero-order valence-electron chi connectivity index (χ0n) is 40.3. The van der Waals surface area contributed by atoms with Crippen LogP contribution in [0.25, 0.3) is 22.3 Å². The van der Waals surface area contributed by atoms with E-state index in [2.05, 4.69) is 63.2 Å². The molecule has 11 rings (SSSR count). The molecular formula is C54H66N12O4. The summed E-state index contributed by atoms with van der Waals surface area (Å²) in [5.41, 5.74) is 12.6. The Kier molecular flexibility index (Phi) is 13.2. The molecule has 3 aromatic carbocycles. The molecule has 16 nitrogen and oxygen atoms in total. The third-order valence-electron chi connectivity index (χ3n) is 16.0. The summed E-state index contributed by atoms with van der Waals surface area (Å²) in [6.45, 7) is 15.8. The number of fused-ring (bicyclic) bond motifs is 2. The average molecular weight is 947 g/mol. The van der Waals surface area contributed by atoms with Gasteiger partial charge in [-0.25, -0.2) is 19.4 Å². The molecule has 0 radical (unpaired) electrons. The highest BCUT2D eigenvalue weighted by atomic mass is 16.5. The number of ether oxygens (including phenoxy) is 1. The lowest BCUT2D eigenvalue weighted by Gasteiger charge is -2.41. The van der Waals surface area contributed by atoms with Crippen molar-refractivity contribution in [2.75, 3.05) is 89.2 Å². The van der Waals surface area contributed by atoms with Gasteiger partial charge in [-0.1, -0.05) is 24.8 Å². The second-order valence-electron chi connectivity index (χ2n) is 20.4. The van der Waals surface area contributed by atoms with Gasteiger partial charge in [-0.3, -0.25) is 14.5 Å². The van der Waals surface area contributed by atoms with Crippen LogP contribution in [0.1, 0.15) is 79.8 Å². The lowest BCUT2D eigenvalue weighted by Crippen LogP contribution is -2.50. The van der Waals surface area contributed by atoms with Gasteiger partial charge in [-0.2, -0.15) is 5.10 Å². The number of para-hydroxylation sites is 1. The molecule has 5 fully saturated rings. The van der Waals surface area contributed by atoms with Crippen molar-refractivity contribution in [2.45, 2.75) is 76.4 Å². The summed E-state index contributed by atoms with van der Waals surface area (Å²) >= 11 is 0. The Hall–Kier alpha value is -6.52. The summed E-state index contributed by atoms with van der Waals surface area (Å²) in [7, 11) is 0. The molecule has 3 N–H and O–H groups in total. The molecule has 1 unspecified atom stereocenters. The number of nitrogens with two attached hydrogens (primary N) is 1. The molecule has 0 saturated carbocycles. The summed E-state index contributed by atoms with van der Waals surface area (Å²) in [4.78, 5) is 62.2. The summed E-state index contributed by atoms with van der Waals surface area (Å²) in [5, 5.41) is 8.76. The second-order valence-corrected chi connectivity index (χ2v) is 20.4. The molecule has 0 bridgehead atoms. The number of likely N-dealkylation sites (tertiary alicyclic amines) is 3. The van der Waals surface area contributed by atoms with Crippen molar-refractivity contribution in [1.29, 1.82) is 0 Å². The number of allylic oxidation sites excluding steroid dienone is 1. The summed E-state index contributed by atoms with van der Waals surface area (Å²) < 4.78 is 8.11. The van der Waals surface area contributed by atoms with Gasteiger partial charge in [0.25, 0.3) is 5.91 Å². The Morgan fingerprint density at radius 2 is 1.46 bits per heavy atom. The molecular weight excluding hydrogens is 881 g/mol.